The third-order valence-corrected chi connectivity index (χ3v) is 5.05. The number of rotatable bonds is 7. The minimum atomic E-state index is -0.233. The molecule has 0 spiro atoms. The summed E-state index contributed by atoms with van der Waals surface area (Å²) in [6.07, 6.45) is 1.64. The Morgan fingerprint density at radius 2 is 1.86 bits per heavy atom. The lowest BCUT2D eigenvalue weighted by Crippen LogP contribution is -3.10. The van der Waals surface area contributed by atoms with Gasteiger partial charge >= 0.3 is 0 Å². The van der Waals surface area contributed by atoms with Crippen LogP contribution in [0.4, 0.5) is 0 Å². The summed E-state index contributed by atoms with van der Waals surface area (Å²) < 4.78 is 16.5. The van der Waals surface area contributed by atoms with Crippen LogP contribution in [0.2, 0.25) is 0 Å². The molecule has 6 nitrogen and oxygen atoms in total. The zero-order valence-electron chi connectivity index (χ0n) is 16.6. The van der Waals surface area contributed by atoms with Crippen LogP contribution in [0.5, 0.6) is 23.0 Å². The van der Waals surface area contributed by atoms with Gasteiger partial charge in [-0.2, -0.15) is 0 Å². The molecule has 0 atom stereocenters. The van der Waals surface area contributed by atoms with Crippen molar-refractivity contribution in [2.45, 2.75) is 20.4 Å². The predicted molar refractivity (Wildman–Crippen MR) is 104 cm³/mol. The summed E-state index contributed by atoms with van der Waals surface area (Å²) in [7, 11) is 3.13. The number of allylic oxidation sites excluding steroid dienone is 1. The van der Waals surface area contributed by atoms with Gasteiger partial charge in [-0.1, -0.05) is 11.8 Å². The Labute approximate surface area is 164 Å². The topological polar surface area (TPSA) is 72.3 Å². The van der Waals surface area contributed by atoms with Crippen molar-refractivity contribution >= 4 is 11.9 Å². The molecule has 0 aromatic heterocycles. The number of methoxy groups -OCH3 is 2. The van der Waals surface area contributed by atoms with Crippen LogP contribution in [0, 0.1) is 0 Å². The fourth-order valence-electron chi connectivity index (χ4n) is 3.29. The summed E-state index contributed by atoms with van der Waals surface area (Å²) in [5.41, 5.74) is 1.67. The van der Waals surface area contributed by atoms with Gasteiger partial charge in [-0.15, -0.1) is 0 Å². The molecule has 1 heterocycles. The van der Waals surface area contributed by atoms with E-state index >= 15 is 0 Å². The van der Waals surface area contributed by atoms with Crippen molar-refractivity contribution in [2.75, 3.05) is 27.3 Å². The van der Waals surface area contributed by atoms with E-state index in [1.54, 1.807) is 44.6 Å². The Morgan fingerprint density at radius 1 is 1.11 bits per heavy atom. The largest absolute Gasteiger partial charge is 0.872 e. The standard InChI is InChI=1S/C22H25NO5/c1-5-23(6-2)13-17-18(24)10-9-16-21(25)20(28-22(16)17)11-14-7-8-15(26-3)12-19(14)27-4/h7-12,24H,5-6,13H2,1-4H3/b20-11-. The van der Waals surface area contributed by atoms with E-state index in [2.05, 4.69) is 13.8 Å². The molecular weight excluding hydrogens is 358 g/mol. The lowest BCUT2D eigenvalue weighted by molar-refractivity contribution is -0.910. The molecule has 0 unspecified atom stereocenters. The first-order chi connectivity index (χ1) is 13.5. The number of carbonyl (C=O) groups is 1. The average Bonchev–Trinajstić information content (AvgIpc) is 3.03. The number of fused-ring (bicyclic) bond motifs is 1. The summed E-state index contributed by atoms with van der Waals surface area (Å²) in [6.45, 7) is 6.44. The third kappa shape index (κ3) is 3.68. The molecule has 1 aliphatic rings. The number of Topliss-reactive ketones (excluding diaryl/α,β-unsaturated/α-hetero) is 1. The molecule has 2 aromatic rings. The zero-order valence-corrected chi connectivity index (χ0v) is 16.6. The maximum absolute atomic E-state index is 12.8. The zero-order chi connectivity index (χ0) is 20.3. The normalized spacial score (nSPS) is 14.3. The Balaban J connectivity index is 1.99. The highest BCUT2D eigenvalue weighted by Crippen LogP contribution is 2.39. The van der Waals surface area contributed by atoms with Crippen molar-refractivity contribution in [2.24, 2.45) is 0 Å². The fourth-order valence-corrected chi connectivity index (χ4v) is 3.29. The summed E-state index contributed by atoms with van der Waals surface area (Å²) in [5.74, 6) is 1.45. The van der Waals surface area contributed by atoms with Gasteiger partial charge in [0.05, 0.1) is 32.9 Å². The van der Waals surface area contributed by atoms with E-state index in [-0.39, 0.29) is 17.3 Å². The van der Waals surface area contributed by atoms with Gasteiger partial charge in [0.1, 0.15) is 23.8 Å². The summed E-state index contributed by atoms with van der Waals surface area (Å²) >= 11 is 0. The maximum atomic E-state index is 12.8. The average molecular weight is 383 g/mol. The first-order valence-corrected chi connectivity index (χ1v) is 9.35. The van der Waals surface area contributed by atoms with Gasteiger partial charge in [0, 0.05) is 17.2 Å². The number of ether oxygens (including phenoxy) is 3. The highest BCUT2D eigenvalue weighted by Gasteiger charge is 2.31. The molecule has 28 heavy (non-hydrogen) atoms. The second kappa shape index (κ2) is 8.35. The van der Waals surface area contributed by atoms with Crippen LogP contribution in [-0.2, 0) is 6.54 Å². The lowest BCUT2D eigenvalue weighted by Gasteiger charge is -2.21. The molecule has 148 valence electrons. The third-order valence-electron chi connectivity index (χ3n) is 5.05. The Hall–Kier alpha value is -2.99. The summed E-state index contributed by atoms with van der Waals surface area (Å²) in [5, 5.41) is 12.4. The second-order valence-electron chi connectivity index (χ2n) is 6.60. The Kier molecular flexibility index (Phi) is 5.90. The number of hydrogen-bond donors (Lipinski definition) is 1. The van der Waals surface area contributed by atoms with Crippen molar-refractivity contribution in [3.8, 4) is 23.0 Å². The highest BCUT2D eigenvalue weighted by molar-refractivity contribution is 6.15. The number of quaternary nitrogens is 1. The fraction of sp³-hybridized carbons (Fsp3) is 0.318. The number of hydrogen-bond acceptors (Lipinski definition) is 5. The van der Waals surface area contributed by atoms with Crippen molar-refractivity contribution in [1.82, 2.24) is 0 Å². The molecule has 0 radical (unpaired) electrons. The first-order valence-electron chi connectivity index (χ1n) is 9.35. The molecule has 0 amide bonds. The molecular formula is C22H25NO5. The van der Waals surface area contributed by atoms with E-state index in [1.165, 1.54) is 11.0 Å². The highest BCUT2D eigenvalue weighted by atomic mass is 16.5. The molecule has 0 aliphatic carbocycles. The van der Waals surface area contributed by atoms with E-state index < -0.39 is 0 Å². The van der Waals surface area contributed by atoms with Gasteiger partial charge in [-0.25, -0.2) is 0 Å². The van der Waals surface area contributed by atoms with Gasteiger partial charge in [0.25, 0.3) is 0 Å². The smallest absolute Gasteiger partial charge is 0.231 e. The number of carbonyl (C=O) groups excluding carboxylic acids is 1. The number of ketones is 1. The van der Waals surface area contributed by atoms with E-state index in [9.17, 15) is 9.90 Å². The van der Waals surface area contributed by atoms with Gasteiger partial charge < -0.3 is 24.2 Å². The van der Waals surface area contributed by atoms with Crippen LogP contribution in [0.1, 0.15) is 35.3 Å². The minimum Gasteiger partial charge on any atom is -0.872 e. The molecule has 0 saturated heterocycles. The molecule has 3 rings (SSSR count). The lowest BCUT2D eigenvalue weighted by atomic mass is 10.0. The summed E-state index contributed by atoms with van der Waals surface area (Å²) in [4.78, 5) is 14.1. The molecule has 1 aliphatic heterocycles. The molecule has 0 fully saturated rings. The number of nitrogens with one attached hydrogen (secondary N) is 1. The van der Waals surface area contributed by atoms with E-state index in [4.69, 9.17) is 14.2 Å². The van der Waals surface area contributed by atoms with Gasteiger partial charge in [0.2, 0.25) is 5.78 Å². The van der Waals surface area contributed by atoms with Gasteiger partial charge in [-0.3, -0.25) is 4.79 Å². The van der Waals surface area contributed by atoms with Crippen LogP contribution in [0.15, 0.2) is 36.1 Å². The van der Waals surface area contributed by atoms with Crippen LogP contribution in [0.25, 0.3) is 6.08 Å². The summed E-state index contributed by atoms with van der Waals surface area (Å²) in [6, 6.07) is 8.32. The SMILES string of the molecule is CC[NH+](CC)Cc1c([O-])ccc2c1O/C(=C\c1ccc(OC)cc1OC)C2=O. The molecule has 1 N–H and O–H groups in total. The van der Waals surface area contributed by atoms with Crippen molar-refractivity contribution in [1.29, 1.82) is 0 Å². The second-order valence-corrected chi connectivity index (χ2v) is 6.60. The van der Waals surface area contributed by atoms with Gasteiger partial charge in [0.15, 0.2) is 5.76 Å². The maximum Gasteiger partial charge on any atom is 0.231 e. The van der Waals surface area contributed by atoms with Crippen LogP contribution in [0.3, 0.4) is 0 Å². The molecule has 2 aromatic carbocycles. The number of benzene rings is 2. The van der Waals surface area contributed by atoms with E-state index in [0.717, 1.165) is 13.1 Å². The van der Waals surface area contributed by atoms with Gasteiger partial charge in [-0.05, 0) is 38.1 Å². The van der Waals surface area contributed by atoms with Crippen LogP contribution < -0.4 is 24.2 Å². The minimum absolute atomic E-state index is 0.103. The molecule has 0 saturated carbocycles. The van der Waals surface area contributed by atoms with Crippen LogP contribution >= 0.6 is 0 Å². The predicted octanol–water partition coefficient (Wildman–Crippen LogP) is 1.82. The van der Waals surface area contributed by atoms with Crippen molar-refractivity contribution < 1.29 is 29.0 Å². The van der Waals surface area contributed by atoms with Crippen molar-refractivity contribution in [3.63, 3.8) is 0 Å². The van der Waals surface area contributed by atoms with Crippen LogP contribution in [-0.4, -0.2) is 33.1 Å². The quantitative estimate of drug-likeness (QED) is 0.739. The Morgan fingerprint density at radius 3 is 2.50 bits per heavy atom. The molecule has 0 bridgehead atoms. The Bertz CT molecular complexity index is 915. The van der Waals surface area contributed by atoms with Crippen molar-refractivity contribution in [3.05, 3.63) is 52.8 Å². The molecule has 6 heteroatoms. The monoisotopic (exact) mass is 383 g/mol. The van der Waals surface area contributed by atoms with E-state index in [1.807, 2.05) is 0 Å². The first kappa shape index (κ1) is 19.8. The van der Waals surface area contributed by atoms with E-state index in [0.29, 0.717) is 40.5 Å².